The van der Waals surface area contributed by atoms with Crippen LogP contribution in [0.15, 0.2) is 47.5 Å². The monoisotopic (exact) mass is 375 g/mol. The Morgan fingerprint density at radius 3 is 2.81 bits per heavy atom. The molecule has 5 nitrogen and oxygen atoms in total. The third-order valence-corrected chi connectivity index (χ3v) is 4.67. The second-order valence-corrected chi connectivity index (χ2v) is 6.92. The lowest BCUT2D eigenvalue weighted by Crippen LogP contribution is -2.28. The van der Waals surface area contributed by atoms with Crippen molar-refractivity contribution < 1.29 is 18.4 Å². The summed E-state index contributed by atoms with van der Waals surface area (Å²) in [4.78, 5) is 28.4. The Kier molecular flexibility index (Phi) is 5.32. The summed E-state index contributed by atoms with van der Waals surface area (Å²) < 4.78 is 26.5. The molecule has 8 heteroatoms. The van der Waals surface area contributed by atoms with Crippen molar-refractivity contribution in [2.45, 2.75) is 18.6 Å². The number of carbonyl (C=O) groups excluding carboxylic acids is 2. The van der Waals surface area contributed by atoms with E-state index in [2.05, 4.69) is 15.6 Å². The van der Waals surface area contributed by atoms with Crippen molar-refractivity contribution in [3.63, 3.8) is 0 Å². The van der Waals surface area contributed by atoms with Crippen molar-refractivity contribution in [2.24, 2.45) is 4.99 Å². The molecular weight excluding hydrogens is 360 g/mol. The van der Waals surface area contributed by atoms with Gasteiger partial charge in [-0.2, -0.15) is 0 Å². The Labute approximate surface area is 152 Å². The minimum atomic E-state index is -0.872. The van der Waals surface area contributed by atoms with Gasteiger partial charge in [-0.25, -0.2) is 13.8 Å². The van der Waals surface area contributed by atoms with E-state index in [-0.39, 0.29) is 18.0 Å². The second-order valence-electron chi connectivity index (χ2n) is 5.73. The van der Waals surface area contributed by atoms with Crippen LogP contribution in [0.3, 0.4) is 0 Å². The number of hydrogen-bond acceptors (Lipinski definition) is 4. The van der Waals surface area contributed by atoms with E-state index in [9.17, 15) is 18.4 Å². The Bertz CT molecular complexity index is 902. The van der Waals surface area contributed by atoms with Crippen molar-refractivity contribution in [2.75, 3.05) is 5.32 Å². The number of nitrogens with one attached hydrogen (secondary N) is 2. The average molecular weight is 375 g/mol. The number of amides is 2. The van der Waals surface area contributed by atoms with Crippen LogP contribution in [0, 0.1) is 18.6 Å². The van der Waals surface area contributed by atoms with Gasteiger partial charge in [-0.1, -0.05) is 23.9 Å². The van der Waals surface area contributed by atoms with Gasteiger partial charge in [0.05, 0.1) is 11.4 Å². The highest BCUT2D eigenvalue weighted by Crippen LogP contribution is 2.26. The highest BCUT2D eigenvalue weighted by molar-refractivity contribution is 8.15. The van der Waals surface area contributed by atoms with Gasteiger partial charge >= 0.3 is 0 Å². The number of anilines is 1. The van der Waals surface area contributed by atoms with Crippen molar-refractivity contribution in [1.29, 1.82) is 0 Å². The van der Waals surface area contributed by atoms with Crippen molar-refractivity contribution >= 4 is 40.1 Å². The number of amidine groups is 1. The van der Waals surface area contributed by atoms with Crippen LogP contribution in [-0.2, 0) is 9.59 Å². The average Bonchev–Trinajstić information content (AvgIpc) is 2.89. The van der Waals surface area contributed by atoms with E-state index in [4.69, 9.17) is 0 Å². The largest absolute Gasteiger partial charge is 0.324 e. The van der Waals surface area contributed by atoms with Gasteiger partial charge < -0.3 is 10.6 Å². The van der Waals surface area contributed by atoms with E-state index in [1.165, 1.54) is 0 Å². The first-order valence-corrected chi connectivity index (χ1v) is 8.66. The van der Waals surface area contributed by atoms with E-state index in [0.29, 0.717) is 16.9 Å². The maximum absolute atomic E-state index is 13.6. The zero-order chi connectivity index (χ0) is 18.7. The van der Waals surface area contributed by atoms with E-state index in [1.807, 2.05) is 31.2 Å². The Hall–Kier alpha value is -2.74. The number of rotatable bonds is 4. The molecule has 1 saturated heterocycles. The summed E-state index contributed by atoms with van der Waals surface area (Å²) in [6.07, 6.45) is -0.153. The molecule has 2 aromatic rings. The van der Waals surface area contributed by atoms with Gasteiger partial charge in [0.15, 0.2) is 5.17 Å². The molecule has 1 fully saturated rings. The van der Waals surface area contributed by atoms with Gasteiger partial charge in [0, 0.05) is 12.5 Å². The Morgan fingerprint density at radius 2 is 2.08 bits per heavy atom. The molecule has 0 unspecified atom stereocenters. The van der Waals surface area contributed by atoms with Crippen LogP contribution in [0.25, 0.3) is 0 Å². The van der Waals surface area contributed by atoms with Crippen LogP contribution in [-0.4, -0.2) is 22.2 Å². The van der Waals surface area contributed by atoms with Gasteiger partial charge in [-0.05, 0) is 36.8 Å². The van der Waals surface area contributed by atoms with Gasteiger partial charge in [-0.3, -0.25) is 9.59 Å². The maximum Gasteiger partial charge on any atom is 0.240 e. The molecule has 26 heavy (non-hydrogen) atoms. The molecule has 1 aliphatic heterocycles. The summed E-state index contributed by atoms with van der Waals surface area (Å²) in [5.74, 6) is -2.48. The standard InChI is InChI=1S/C18H15F2N3O2S/c1-10-3-2-4-12(7-10)21-18-23-17(25)15(26-18)9-16(24)22-14-6-5-11(19)8-13(14)20/h2-8,15H,9H2,1H3,(H,22,24)(H,21,23,25)/t15-/m0/s1. The van der Waals surface area contributed by atoms with E-state index < -0.39 is 22.8 Å². The quantitative estimate of drug-likeness (QED) is 0.859. The van der Waals surface area contributed by atoms with Crippen LogP contribution in [0.5, 0.6) is 0 Å². The van der Waals surface area contributed by atoms with Crippen molar-refractivity contribution in [3.8, 4) is 0 Å². The third kappa shape index (κ3) is 4.45. The Balaban J connectivity index is 1.63. The normalized spacial score (nSPS) is 18.0. The first-order chi connectivity index (χ1) is 12.4. The fourth-order valence-corrected chi connectivity index (χ4v) is 3.36. The summed E-state index contributed by atoms with van der Waals surface area (Å²) in [6.45, 7) is 1.94. The van der Waals surface area contributed by atoms with Gasteiger partial charge in [-0.15, -0.1) is 0 Å². The SMILES string of the molecule is Cc1cccc(N=C2NC(=O)[C@H](CC(=O)Nc3ccc(F)cc3F)S2)c1. The highest BCUT2D eigenvalue weighted by atomic mass is 32.2. The van der Waals surface area contributed by atoms with E-state index in [0.717, 1.165) is 29.5 Å². The number of thioether (sulfide) groups is 1. The molecule has 2 N–H and O–H groups in total. The molecule has 0 saturated carbocycles. The van der Waals surface area contributed by atoms with Crippen LogP contribution in [0.4, 0.5) is 20.2 Å². The predicted molar refractivity (Wildman–Crippen MR) is 97.4 cm³/mol. The zero-order valence-electron chi connectivity index (χ0n) is 13.8. The molecule has 0 spiro atoms. The molecule has 2 aromatic carbocycles. The summed E-state index contributed by atoms with van der Waals surface area (Å²) in [6, 6.07) is 10.3. The van der Waals surface area contributed by atoms with E-state index in [1.54, 1.807) is 0 Å². The smallest absolute Gasteiger partial charge is 0.240 e. The van der Waals surface area contributed by atoms with Gasteiger partial charge in [0.2, 0.25) is 11.8 Å². The number of halogens is 2. The number of nitrogens with zero attached hydrogens (tertiary/aromatic N) is 1. The molecule has 0 bridgehead atoms. The predicted octanol–water partition coefficient (Wildman–Crippen LogP) is 3.52. The maximum atomic E-state index is 13.6. The summed E-state index contributed by atoms with van der Waals surface area (Å²) in [5, 5.41) is 4.72. The van der Waals surface area contributed by atoms with Crippen LogP contribution in [0.1, 0.15) is 12.0 Å². The van der Waals surface area contributed by atoms with Crippen LogP contribution >= 0.6 is 11.8 Å². The summed E-state index contributed by atoms with van der Waals surface area (Å²) in [5.41, 5.74) is 1.61. The van der Waals surface area contributed by atoms with Crippen LogP contribution < -0.4 is 10.6 Å². The number of aliphatic imine (C=N–C) groups is 1. The molecule has 0 radical (unpaired) electrons. The molecule has 0 aliphatic carbocycles. The second kappa shape index (κ2) is 7.65. The van der Waals surface area contributed by atoms with Crippen molar-refractivity contribution in [1.82, 2.24) is 5.32 Å². The third-order valence-electron chi connectivity index (χ3n) is 3.58. The molecule has 134 valence electrons. The summed E-state index contributed by atoms with van der Waals surface area (Å²) >= 11 is 1.14. The number of aryl methyl sites for hydroxylation is 1. The molecule has 1 aliphatic rings. The minimum Gasteiger partial charge on any atom is -0.324 e. The zero-order valence-corrected chi connectivity index (χ0v) is 14.6. The lowest BCUT2D eigenvalue weighted by Gasteiger charge is -2.08. The van der Waals surface area contributed by atoms with E-state index >= 15 is 0 Å². The topological polar surface area (TPSA) is 70.6 Å². The fraction of sp³-hybridized carbons (Fsp3) is 0.167. The fourth-order valence-electron chi connectivity index (χ4n) is 2.37. The minimum absolute atomic E-state index is 0.131. The van der Waals surface area contributed by atoms with Gasteiger partial charge in [0.25, 0.3) is 0 Å². The first kappa shape index (κ1) is 18.1. The molecule has 1 atom stereocenters. The lowest BCUT2D eigenvalue weighted by molar-refractivity contribution is -0.122. The van der Waals surface area contributed by atoms with Crippen molar-refractivity contribution in [3.05, 3.63) is 59.7 Å². The molecule has 3 rings (SSSR count). The molecule has 0 aromatic heterocycles. The first-order valence-electron chi connectivity index (χ1n) is 7.78. The number of hydrogen-bond donors (Lipinski definition) is 2. The highest BCUT2D eigenvalue weighted by Gasteiger charge is 2.32. The summed E-state index contributed by atoms with van der Waals surface area (Å²) in [7, 11) is 0. The molecule has 1 heterocycles. The Morgan fingerprint density at radius 1 is 1.27 bits per heavy atom. The lowest BCUT2D eigenvalue weighted by atomic mass is 10.2. The number of benzene rings is 2. The molecule has 2 amide bonds. The van der Waals surface area contributed by atoms with Crippen LogP contribution in [0.2, 0.25) is 0 Å². The number of carbonyl (C=O) groups is 2. The molecular formula is C18H15F2N3O2S. The van der Waals surface area contributed by atoms with Gasteiger partial charge in [0.1, 0.15) is 16.9 Å².